The zero-order valence-electron chi connectivity index (χ0n) is 12.5. The molecular formula is C16H15N3O4. The Morgan fingerprint density at radius 1 is 1.30 bits per heavy atom. The Kier molecular flexibility index (Phi) is 4.18. The van der Waals surface area contributed by atoms with E-state index in [2.05, 4.69) is 20.0 Å². The molecule has 0 spiro atoms. The molecule has 0 aliphatic carbocycles. The summed E-state index contributed by atoms with van der Waals surface area (Å²) in [5.74, 6) is -0.144. The highest BCUT2D eigenvalue weighted by Gasteiger charge is 2.25. The molecule has 3 heterocycles. The number of esters is 1. The maximum absolute atomic E-state index is 12.3. The van der Waals surface area contributed by atoms with E-state index in [1.807, 2.05) is 6.07 Å². The van der Waals surface area contributed by atoms with Crippen LogP contribution in [0.25, 0.3) is 0 Å². The molecule has 1 aliphatic rings. The second kappa shape index (κ2) is 6.43. The minimum Gasteiger partial charge on any atom is -0.491 e. The van der Waals surface area contributed by atoms with Crippen LogP contribution in [0.15, 0.2) is 36.7 Å². The Hall–Kier alpha value is -2.96. The first-order valence-corrected chi connectivity index (χ1v) is 7.12. The molecular weight excluding hydrogens is 298 g/mol. The summed E-state index contributed by atoms with van der Waals surface area (Å²) in [4.78, 5) is 32.0. The lowest BCUT2D eigenvalue weighted by Gasteiger charge is -2.25. The van der Waals surface area contributed by atoms with E-state index in [0.29, 0.717) is 30.0 Å². The Morgan fingerprint density at radius 2 is 2.17 bits per heavy atom. The molecule has 2 aromatic rings. The number of hydrogen-bond donors (Lipinski definition) is 1. The summed E-state index contributed by atoms with van der Waals surface area (Å²) in [5.41, 5.74) is 1.22. The van der Waals surface area contributed by atoms with Gasteiger partial charge in [0.2, 0.25) is 0 Å². The van der Waals surface area contributed by atoms with Crippen LogP contribution in [0.3, 0.4) is 0 Å². The molecule has 0 saturated heterocycles. The molecule has 2 aromatic heterocycles. The van der Waals surface area contributed by atoms with Crippen LogP contribution in [0, 0.1) is 0 Å². The average molecular weight is 313 g/mol. The third kappa shape index (κ3) is 3.13. The molecule has 1 N–H and O–H groups in total. The number of nitrogens with one attached hydrogen (secondary N) is 1. The molecule has 0 saturated carbocycles. The van der Waals surface area contributed by atoms with E-state index in [1.165, 1.54) is 25.4 Å². The largest absolute Gasteiger partial charge is 0.491 e. The van der Waals surface area contributed by atoms with Crippen LogP contribution in [0.1, 0.15) is 39.0 Å². The average Bonchev–Trinajstić information content (AvgIpc) is 2.61. The molecule has 7 nitrogen and oxygen atoms in total. The summed E-state index contributed by atoms with van der Waals surface area (Å²) >= 11 is 0. The first-order valence-electron chi connectivity index (χ1n) is 7.12. The van der Waals surface area contributed by atoms with Gasteiger partial charge in [-0.1, -0.05) is 0 Å². The highest BCUT2D eigenvalue weighted by atomic mass is 16.5. The number of amides is 1. The van der Waals surface area contributed by atoms with Crippen LogP contribution in [-0.2, 0) is 4.74 Å². The zero-order chi connectivity index (χ0) is 16.2. The SMILES string of the molecule is COC(=O)c1ccc(C(=O)NC2CCOc3cccnc32)nc1. The smallest absolute Gasteiger partial charge is 0.339 e. The third-order valence-corrected chi connectivity index (χ3v) is 3.52. The van der Waals surface area contributed by atoms with Gasteiger partial charge in [0, 0.05) is 18.8 Å². The lowest BCUT2D eigenvalue weighted by molar-refractivity contribution is 0.0599. The van der Waals surface area contributed by atoms with Gasteiger partial charge in [-0.15, -0.1) is 0 Å². The number of fused-ring (bicyclic) bond motifs is 1. The third-order valence-electron chi connectivity index (χ3n) is 3.52. The van der Waals surface area contributed by atoms with Crippen molar-refractivity contribution in [3.05, 3.63) is 53.6 Å². The fourth-order valence-electron chi connectivity index (χ4n) is 2.35. The molecule has 1 unspecified atom stereocenters. The molecule has 118 valence electrons. The second-order valence-corrected chi connectivity index (χ2v) is 4.97. The van der Waals surface area contributed by atoms with Gasteiger partial charge in [-0.05, 0) is 24.3 Å². The van der Waals surface area contributed by atoms with Gasteiger partial charge in [-0.25, -0.2) is 4.79 Å². The van der Waals surface area contributed by atoms with E-state index in [-0.39, 0.29) is 17.6 Å². The van der Waals surface area contributed by atoms with Crippen molar-refractivity contribution in [3.8, 4) is 5.75 Å². The summed E-state index contributed by atoms with van der Waals surface area (Å²) in [6, 6.07) is 6.37. The second-order valence-electron chi connectivity index (χ2n) is 4.97. The Bertz CT molecular complexity index is 730. The molecule has 0 radical (unpaired) electrons. The van der Waals surface area contributed by atoms with E-state index in [4.69, 9.17) is 4.74 Å². The number of nitrogens with zero attached hydrogens (tertiary/aromatic N) is 2. The van der Waals surface area contributed by atoms with E-state index < -0.39 is 5.97 Å². The van der Waals surface area contributed by atoms with Gasteiger partial charge in [0.05, 0.1) is 25.3 Å². The number of pyridine rings is 2. The Balaban J connectivity index is 1.74. The molecule has 23 heavy (non-hydrogen) atoms. The standard InChI is InChI=1S/C16H15N3O4/c1-22-16(21)10-4-5-12(18-9-10)15(20)19-11-6-8-23-13-3-2-7-17-14(11)13/h2-5,7,9,11H,6,8H2,1H3,(H,19,20). The van der Waals surface area contributed by atoms with Crippen LogP contribution in [-0.4, -0.2) is 35.6 Å². The quantitative estimate of drug-likeness (QED) is 0.864. The molecule has 0 fully saturated rings. The lowest BCUT2D eigenvalue weighted by atomic mass is 10.1. The van der Waals surface area contributed by atoms with Crippen molar-refractivity contribution < 1.29 is 19.1 Å². The van der Waals surface area contributed by atoms with E-state index in [1.54, 1.807) is 12.3 Å². The van der Waals surface area contributed by atoms with Crippen molar-refractivity contribution in [2.75, 3.05) is 13.7 Å². The van der Waals surface area contributed by atoms with Crippen molar-refractivity contribution in [1.82, 2.24) is 15.3 Å². The molecule has 0 aromatic carbocycles. The van der Waals surface area contributed by atoms with Gasteiger partial charge < -0.3 is 14.8 Å². The maximum atomic E-state index is 12.3. The lowest BCUT2D eigenvalue weighted by Crippen LogP contribution is -2.33. The maximum Gasteiger partial charge on any atom is 0.339 e. The number of ether oxygens (including phenoxy) is 2. The minimum absolute atomic E-state index is 0.224. The Morgan fingerprint density at radius 3 is 2.91 bits per heavy atom. The fourth-order valence-corrected chi connectivity index (χ4v) is 2.35. The van der Waals surface area contributed by atoms with Crippen LogP contribution in [0.4, 0.5) is 0 Å². The minimum atomic E-state index is -0.494. The molecule has 1 aliphatic heterocycles. The van der Waals surface area contributed by atoms with Crippen LogP contribution in [0.2, 0.25) is 0 Å². The number of rotatable bonds is 3. The fraction of sp³-hybridized carbons (Fsp3) is 0.250. The first-order chi connectivity index (χ1) is 11.2. The van der Waals surface area contributed by atoms with Gasteiger partial charge in [-0.2, -0.15) is 0 Å². The first kappa shape index (κ1) is 15.0. The summed E-state index contributed by atoms with van der Waals surface area (Å²) in [6.45, 7) is 0.512. The number of hydrogen-bond acceptors (Lipinski definition) is 6. The Labute approximate surface area is 132 Å². The molecule has 1 atom stereocenters. The molecule has 7 heteroatoms. The van der Waals surface area contributed by atoms with Crippen molar-refractivity contribution in [2.24, 2.45) is 0 Å². The summed E-state index contributed by atoms with van der Waals surface area (Å²) < 4.78 is 10.1. The van der Waals surface area contributed by atoms with E-state index in [9.17, 15) is 9.59 Å². The zero-order valence-corrected chi connectivity index (χ0v) is 12.5. The summed E-state index contributed by atoms with van der Waals surface area (Å²) in [7, 11) is 1.29. The van der Waals surface area contributed by atoms with Crippen molar-refractivity contribution in [1.29, 1.82) is 0 Å². The van der Waals surface area contributed by atoms with Gasteiger partial charge in [0.1, 0.15) is 17.1 Å². The molecule has 3 rings (SSSR count). The predicted octanol–water partition coefficient (Wildman–Crippen LogP) is 1.52. The van der Waals surface area contributed by atoms with Crippen molar-refractivity contribution >= 4 is 11.9 Å². The number of aromatic nitrogens is 2. The number of carbonyl (C=O) groups excluding carboxylic acids is 2. The number of carbonyl (C=O) groups is 2. The topological polar surface area (TPSA) is 90.4 Å². The molecule has 0 bridgehead atoms. The van der Waals surface area contributed by atoms with Crippen LogP contribution in [0.5, 0.6) is 5.75 Å². The van der Waals surface area contributed by atoms with Crippen LogP contribution >= 0.6 is 0 Å². The van der Waals surface area contributed by atoms with Crippen molar-refractivity contribution in [3.63, 3.8) is 0 Å². The number of methoxy groups -OCH3 is 1. The summed E-state index contributed by atoms with van der Waals surface area (Å²) in [6.07, 6.45) is 3.61. The van der Waals surface area contributed by atoms with E-state index in [0.717, 1.165) is 0 Å². The van der Waals surface area contributed by atoms with Gasteiger partial charge in [0.25, 0.3) is 5.91 Å². The predicted molar refractivity (Wildman–Crippen MR) is 80.1 cm³/mol. The molecule has 1 amide bonds. The monoisotopic (exact) mass is 313 g/mol. The van der Waals surface area contributed by atoms with Gasteiger partial charge in [-0.3, -0.25) is 14.8 Å². The highest BCUT2D eigenvalue weighted by molar-refractivity contribution is 5.94. The summed E-state index contributed by atoms with van der Waals surface area (Å²) in [5, 5.41) is 2.89. The normalized spacial score (nSPS) is 16.0. The van der Waals surface area contributed by atoms with Gasteiger partial charge in [0.15, 0.2) is 0 Å². The highest BCUT2D eigenvalue weighted by Crippen LogP contribution is 2.29. The van der Waals surface area contributed by atoms with E-state index >= 15 is 0 Å². The van der Waals surface area contributed by atoms with Crippen LogP contribution < -0.4 is 10.1 Å². The van der Waals surface area contributed by atoms with Crippen molar-refractivity contribution in [2.45, 2.75) is 12.5 Å². The van der Waals surface area contributed by atoms with Gasteiger partial charge >= 0.3 is 5.97 Å².